The van der Waals surface area contributed by atoms with Gasteiger partial charge in [0.2, 0.25) is 0 Å². The second-order valence-electron chi connectivity index (χ2n) is 0.447. The standard InChI is InChI=1S/C2H6O2.4C2H2/c3-1-2-4;4*1-2/h3-4H,1-2H2;4*1-2H. The Morgan fingerprint density at radius 3 is 0.583 bits per heavy atom. The minimum absolute atomic E-state index is 0.125. The van der Waals surface area contributed by atoms with Crippen molar-refractivity contribution in [3.8, 4) is 51.4 Å². The van der Waals surface area contributed by atoms with Crippen molar-refractivity contribution in [3.05, 3.63) is 0 Å². The third-order valence-electron chi connectivity index (χ3n) is 0.1000. The summed E-state index contributed by atoms with van der Waals surface area (Å²) < 4.78 is 0. The maximum absolute atomic E-state index is 7.62. The van der Waals surface area contributed by atoms with Gasteiger partial charge in [-0.15, -0.1) is 51.4 Å². The molecule has 2 nitrogen and oxygen atoms in total. The van der Waals surface area contributed by atoms with Crippen LogP contribution in [0.4, 0.5) is 0 Å². The molecular weight excluding hydrogens is 152 g/mol. The van der Waals surface area contributed by atoms with Crippen LogP contribution in [0.3, 0.4) is 0 Å². The molecule has 0 aromatic heterocycles. The van der Waals surface area contributed by atoms with E-state index in [-0.39, 0.29) is 13.2 Å². The Hall–Kier alpha value is -1.84. The summed E-state index contributed by atoms with van der Waals surface area (Å²) >= 11 is 0. The number of hydrogen-bond acceptors (Lipinski definition) is 2. The summed E-state index contributed by atoms with van der Waals surface area (Å²) in [4.78, 5) is 0. The van der Waals surface area contributed by atoms with Gasteiger partial charge in [0.25, 0.3) is 0 Å². The van der Waals surface area contributed by atoms with E-state index in [1.807, 2.05) is 0 Å². The van der Waals surface area contributed by atoms with E-state index in [0.29, 0.717) is 0 Å². The molecule has 0 aliphatic carbocycles. The average molecular weight is 166 g/mol. The Kier molecular flexibility index (Phi) is 63600. The number of rotatable bonds is 1. The summed E-state index contributed by atoms with van der Waals surface area (Å²) in [6.45, 7) is -0.250. The van der Waals surface area contributed by atoms with Crippen molar-refractivity contribution in [1.82, 2.24) is 0 Å². The molecule has 0 rings (SSSR count). The van der Waals surface area contributed by atoms with Crippen molar-refractivity contribution in [2.75, 3.05) is 13.2 Å². The minimum Gasteiger partial charge on any atom is -0.394 e. The van der Waals surface area contributed by atoms with Crippen molar-refractivity contribution in [2.45, 2.75) is 0 Å². The number of aliphatic hydroxyl groups is 2. The maximum Gasteiger partial charge on any atom is 0.0662 e. The van der Waals surface area contributed by atoms with Crippen LogP contribution < -0.4 is 0 Å². The van der Waals surface area contributed by atoms with Gasteiger partial charge in [-0.05, 0) is 0 Å². The van der Waals surface area contributed by atoms with Gasteiger partial charge in [0.1, 0.15) is 0 Å². The molecule has 0 saturated heterocycles. The lowest BCUT2D eigenvalue weighted by molar-refractivity contribution is 0.186. The monoisotopic (exact) mass is 166 g/mol. The number of hydrogen-bond donors (Lipinski definition) is 2. The van der Waals surface area contributed by atoms with Crippen LogP contribution in [0.15, 0.2) is 0 Å². The molecule has 0 aromatic carbocycles. The highest BCUT2D eigenvalue weighted by Crippen LogP contribution is 1.39. The minimum atomic E-state index is -0.125. The summed E-state index contributed by atoms with van der Waals surface area (Å²) in [5, 5.41) is 15.2. The highest BCUT2D eigenvalue weighted by atomic mass is 16.3. The van der Waals surface area contributed by atoms with Crippen molar-refractivity contribution in [3.63, 3.8) is 0 Å². The van der Waals surface area contributed by atoms with E-state index in [9.17, 15) is 0 Å². The summed E-state index contributed by atoms with van der Waals surface area (Å²) in [7, 11) is 0. The predicted octanol–water partition coefficient (Wildman–Crippen LogP) is -0.0314. The molecule has 2 N–H and O–H groups in total. The third-order valence-corrected chi connectivity index (χ3v) is 0.1000. The predicted molar refractivity (Wildman–Crippen MR) is 53.7 cm³/mol. The Morgan fingerprint density at radius 2 is 0.583 bits per heavy atom. The normalized spacial score (nSPS) is 3.17. The molecule has 0 heterocycles. The topological polar surface area (TPSA) is 40.5 Å². The molecule has 0 atom stereocenters. The molecular formula is C10H14O2. The van der Waals surface area contributed by atoms with Crippen LogP contribution >= 0.6 is 0 Å². The smallest absolute Gasteiger partial charge is 0.0662 e. The van der Waals surface area contributed by atoms with Crippen LogP contribution in [-0.4, -0.2) is 23.4 Å². The lowest BCUT2D eigenvalue weighted by Crippen LogP contribution is -1.85. The Morgan fingerprint density at radius 1 is 0.500 bits per heavy atom. The first kappa shape index (κ1) is 32.0. The van der Waals surface area contributed by atoms with Crippen LogP contribution in [0, 0.1) is 51.4 Å². The second-order valence-corrected chi connectivity index (χ2v) is 0.447. The van der Waals surface area contributed by atoms with Crippen molar-refractivity contribution >= 4 is 0 Å². The Balaban J connectivity index is -0.0000000181. The van der Waals surface area contributed by atoms with Gasteiger partial charge in [-0.25, -0.2) is 0 Å². The van der Waals surface area contributed by atoms with Crippen LogP contribution in [-0.2, 0) is 0 Å². The highest BCUT2D eigenvalue weighted by Gasteiger charge is 1.58. The van der Waals surface area contributed by atoms with E-state index in [0.717, 1.165) is 0 Å². The van der Waals surface area contributed by atoms with Gasteiger partial charge in [0.05, 0.1) is 13.2 Å². The van der Waals surface area contributed by atoms with E-state index in [4.69, 9.17) is 10.2 Å². The van der Waals surface area contributed by atoms with Crippen molar-refractivity contribution in [2.24, 2.45) is 0 Å². The summed E-state index contributed by atoms with van der Waals surface area (Å²) in [5.74, 6) is 0. The van der Waals surface area contributed by atoms with E-state index in [1.165, 1.54) is 0 Å². The zero-order valence-corrected chi connectivity index (χ0v) is 6.93. The fourth-order valence-corrected chi connectivity index (χ4v) is 0. The molecule has 66 valence electrons. The summed E-state index contributed by atoms with van der Waals surface area (Å²) in [6, 6.07) is 0. The van der Waals surface area contributed by atoms with Crippen LogP contribution in [0.25, 0.3) is 0 Å². The number of aliphatic hydroxyl groups excluding tert-OH is 2. The zero-order chi connectivity index (χ0) is 11.4. The molecule has 0 fully saturated rings. The zero-order valence-electron chi connectivity index (χ0n) is 6.93. The fourth-order valence-electron chi connectivity index (χ4n) is 0. The largest absolute Gasteiger partial charge is 0.394 e. The van der Waals surface area contributed by atoms with Crippen molar-refractivity contribution < 1.29 is 10.2 Å². The highest BCUT2D eigenvalue weighted by molar-refractivity contribution is 4.47. The molecule has 0 aliphatic rings. The van der Waals surface area contributed by atoms with Gasteiger partial charge in [0, 0.05) is 0 Å². The van der Waals surface area contributed by atoms with Gasteiger partial charge in [0.15, 0.2) is 0 Å². The van der Waals surface area contributed by atoms with Gasteiger partial charge in [-0.2, -0.15) is 0 Å². The molecule has 12 heavy (non-hydrogen) atoms. The van der Waals surface area contributed by atoms with E-state index in [1.54, 1.807) is 0 Å². The van der Waals surface area contributed by atoms with Crippen LogP contribution in [0.5, 0.6) is 0 Å². The molecule has 0 unspecified atom stereocenters. The molecule has 0 aliphatic heterocycles. The SMILES string of the molecule is C#C.C#C.C#C.C#C.OCCO. The van der Waals surface area contributed by atoms with Crippen LogP contribution in [0.1, 0.15) is 0 Å². The van der Waals surface area contributed by atoms with E-state index >= 15 is 0 Å². The lowest BCUT2D eigenvalue weighted by Gasteiger charge is -1.70. The second kappa shape index (κ2) is 23800. The Bertz CT molecular complexity index is 69.4. The molecule has 0 spiro atoms. The summed E-state index contributed by atoms with van der Waals surface area (Å²) in [6.07, 6.45) is 32.0. The third kappa shape index (κ3) is 593. The molecule has 0 saturated carbocycles. The van der Waals surface area contributed by atoms with Gasteiger partial charge in [-0.3, -0.25) is 0 Å². The molecule has 0 bridgehead atoms. The van der Waals surface area contributed by atoms with Crippen LogP contribution in [0.2, 0.25) is 0 Å². The van der Waals surface area contributed by atoms with Gasteiger partial charge in [-0.1, -0.05) is 0 Å². The first-order chi connectivity index (χ1) is 5.91. The fraction of sp³-hybridized carbons (Fsp3) is 0.200. The van der Waals surface area contributed by atoms with Gasteiger partial charge < -0.3 is 10.2 Å². The van der Waals surface area contributed by atoms with E-state index in [2.05, 4.69) is 51.4 Å². The number of terminal acetylenes is 4. The molecule has 0 amide bonds. The van der Waals surface area contributed by atoms with Gasteiger partial charge >= 0.3 is 0 Å². The maximum atomic E-state index is 7.62. The Labute approximate surface area is 75.6 Å². The molecule has 2 heteroatoms. The first-order valence-electron chi connectivity index (χ1n) is 2.47. The lowest BCUT2D eigenvalue weighted by atomic mass is 10.8. The first-order valence-corrected chi connectivity index (χ1v) is 2.47. The molecule has 0 aromatic rings. The quantitative estimate of drug-likeness (QED) is 0.537. The molecule has 0 radical (unpaired) electrons. The van der Waals surface area contributed by atoms with E-state index < -0.39 is 0 Å². The average Bonchev–Trinajstić information content (AvgIpc) is 2.29. The summed E-state index contributed by atoms with van der Waals surface area (Å²) in [5.41, 5.74) is 0. The van der Waals surface area contributed by atoms with Crippen molar-refractivity contribution in [1.29, 1.82) is 0 Å².